The Morgan fingerprint density at radius 2 is 1.05 bits per heavy atom. The van der Waals surface area contributed by atoms with Crippen LogP contribution in [0.5, 0.6) is 0 Å². The van der Waals surface area contributed by atoms with Gasteiger partial charge < -0.3 is 9.13 Å². The van der Waals surface area contributed by atoms with Gasteiger partial charge in [-0.1, -0.05) is 80.6 Å². The number of para-hydroxylation sites is 3. The first-order chi connectivity index (χ1) is 21.2. The third-order valence-electron chi connectivity index (χ3n) is 10.9. The van der Waals surface area contributed by atoms with E-state index in [0.29, 0.717) is 5.92 Å². The topological polar surface area (TPSA) is 9.86 Å². The molecule has 9 rings (SSSR count). The summed E-state index contributed by atoms with van der Waals surface area (Å²) in [7, 11) is 0. The van der Waals surface area contributed by atoms with Crippen LogP contribution in [0.1, 0.15) is 51.0 Å². The van der Waals surface area contributed by atoms with E-state index >= 15 is 0 Å². The third-order valence-corrected chi connectivity index (χ3v) is 10.9. The second kappa shape index (κ2) is 9.61. The summed E-state index contributed by atoms with van der Waals surface area (Å²) in [5, 5.41) is 5.29. The minimum Gasteiger partial charge on any atom is -0.309 e. The fourth-order valence-electron chi connectivity index (χ4n) is 9.52. The Morgan fingerprint density at radius 1 is 0.488 bits per heavy atom. The molecule has 2 saturated carbocycles. The van der Waals surface area contributed by atoms with Crippen molar-refractivity contribution in [3.05, 3.63) is 121 Å². The van der Waals surface area contributed by atoms with Gasteiger partial charge in [-0.05, 0) is 109 Å². The molecule has 2 aliphatic rings. The molecular weight excluding hydrogens is 520 g/mol. The number of hydrogen-bond acceptors (Lipinski definition) is 0. The molecule has 0 N–H and O–H groups in total. The Morgan fingerprint density at radius 3 is 1.67 bits per heavy atom. The van der Waals surface area contributed by atoms with Gasteiger partial charge in [0.25, 0.3) is 0 Å². The number of hydrogen-bond donors (Lipinski definition) is 0. The molecule has 0 saturated heterocycles. The largest absolute Gasteiger partial charge is 0.309 e. The highest BCUT2D eigenvalue weighted by molar-refractivity contribution is 6.28. The normalized spacial score (nSPS) is 23.9. The van der Waals surface area contributed by atoms with E-state index in [1.165, 1.54) is 80.7 Å². The maximum absolute atomic E-state index is 2.51. The molecule has 2 heterocycles. The van der Waals surface area contributed by atoms with Crippen LogP contribution in [0.2, 0.25) is 0 Å². The molecule has 5 aromatic carbocycles. The molecule has 2 fully saturated rings. The SMILES string of the molecule is CC1CC2CC(C)C(c3ccc(-n4c5ccccc5c5c6c7ccccc7n(-c7ccccc7)c6ccc54)cc3)C(C1)C2. The van der Waals surface area contributed by atoms with Gasteiger partial charge in [0.15, 0.2) is 0 Å². The van der Waals surface area contributed by atoms with Gasteiger partial charge in [-0.15, -0.1) is 0 Å². The van der Waals surface area contributed by atoms with E-state index in [2.05, 4.69) is 138 Å². The van der Waals surface area contributed by atoms with Gasteiger partial charge in [0.05, 0.1) is 22.1 Å². The van der Waals surface area contributed by atoms with Crippen LogP contribution in [0.4, 0.5) is 0 Å². The van der Waals surface area contributed by atoms with Crippen molar-refractivity contribution in [1.29, 1.82) is 0 Å². The summed E-state index contributed by atoms with van der Waals surface area (Å²) < 4.78 is 4.92. The van der Waals surface area contributed by atoms with Gasteiger partial charge >= 0.3 is 0 Å². The molecule has 0 radical (unpaired) electrons. The van der Waals surface area contributed by atoms with E-state index in [0.717, 1.165) is 23.7 Å². The minimum absolute atomic E-state index is 0.690. The smallest absolute Gasteiger partial charge is 0.0548 e. The molecule has 2 heteroatoms. The summed E-state index contributed by atoms with van der Waals surface area (Å²) in [6.45, 7) is 4.99. The zero-order valence-corrected chi connectivity index (χ0v) is 25.1. The first-order valence-corrected chi connectivity index (χ1v) is 16.3. The number of benzene rings is 5. The van der Waals surface area contributed by atoms with Crippen LogP contribution in [0.15, 0.2) is 115 Å². The van der Waals surface area contributed by atoms with E-state index in [1.54, 1.807) is 5.56 Å². The molecule has 5 unspecified atom stereocenters. The molecule has 0 aliphatic heterocycles. The summed E-state index contributed by atoms with van der Waals surface area (Å²) in [4.78, 5) is 0. The fourth-order valence-corrected chi connectivity index (χ4v) is 9.52. The Balaban J connectivity index is 1.25. The average molecular weight is 559 g/mol. The van der Waals surface area contributed by atoms with Crippen molar-refractivity contribution in [3.63, 3.8) is 0 Å². The molecule has 43 heavy (non-hydrogen) atoms. The summed E-state index contributed by atoms with van der Waals surface area (Å²) in [6.07, 6.45) is 5.66. The van der Waals surface area contributed by atoms with Crippen molar-refractivity contribution in [2.75, 3.05) is 0 Å². The zero-order chi connectivity index (χ0) is 28.7. The number of nitrogens with zero attached hydrogens (tertiary/aromatic N) is 2. The summed E-state index contributed by atoms with van der Waals surface area (Å²) >= 11 is 0. The molecule has 212 valence electrons. The predicted molar refractivity (Wildman–Crippen MR) is 182 cm³/mol. The summed E-state index contributed by atoms with van der Waals surface area (Å²) in [6, 6.07) is 43.0. The van der Waals surface area contributed by atoms with E-state index in [4.69, 9.17) is 0 Å². The monoisotopic (exact) mass is 558 g/mol. The summed E-state index contributed by atoms with van der Waals surface area (Å²) in [5.41, 5.74) is 9.03. The van der Waals surface area contributed by atoms with Crippen LogP contribution >= 0.6 is 0 Å². The van der Waals surface area contributed by atoms with Gasteiger partial charge in [0.2, 0.25) is 0 Å². The molecule has 0 spiro atoms. The number of rotatable bonds is 3. The molecule has 2 bridgehead atoms. The van der Waals surface area contributed by atoms with Gasteiger partial charge in [0, 0.05) is 32.9 Å². The molecule has 2 nitrogen and oxygen atoms in total. The summed E-state index contributed by atoms with van der Waals surface area (Å²) in [5.74, 6) is 4.12. The van der Waals surface area contributed by atoms with Crippen LogP contribution < -0.4 is 0 Å². The first-order valence-electron chi connectivity index (χ1n) is 16.3. The predicted octanol–water partition coefficient (Wildman–Crippen LogP) is 11.1. The maximum atomic E-state index is 2.51. The Hall–Kier alpha value is -4.30. The van der Waals surface area contributed by atoms with Crippen LogP contribution in [0.25, 0.3) is 55.0 Å². The average Bonchev–Trinajstić information content (AvgIpc) is 3.54. The number of fused-ring (bicyclic) bond motifs is 9. The van der Waals surface area contributed by atoms with Gasteiger partial charge in [-0.25, -0.2) is 0 Å². The van der Waals surface area contributed by atoms with E-state index < -0.39 is 0 Å². The lowest BCUT2D eigenvalue weighted by Crippen LogP contribution is -2.35. The molecule has 2 aliphatic carbocycles. The van der Waals surface area contributed by atoms with Crippen LogP contribution in [-0.2, 0) is 0 Å². The minimum atomic E-state index is 0.690. The second-order valence-electron chi connectivity index (χ2n) is 13.7. The number of aromatic nitrogens is 2. The van der Waals surface area contributed by atoms with Crippen molar-refractivity contribution in [2.24, 2.45) is 23.7 Å². The highest BCUT2D eigenvalue weighted by Gasteiger charge is 2.40. The molecule has 0 amide bonds. The first kappa shape index (κ1) is 25.2. The van der Waals surface area contributed by atoms with Crippen molar-refractivity contribution >= 4 is 43.6 Å². The molecular formula is C41H38N2. The second-order valence-corrected chi connectivity index (χ2v) is 13.7. The Labute approximate surface area is 253 Å². The fraction of sp³-hybridized carbons (Fsp3) is 0.268. The highest BCUT2D eigenvalue weighted by atomic mass is 15.0. The highest BCUT2D eigenvalue weighted by Crippen LogP contribution is 2.52. The van der Waals surface area contributed by atoms with Crippen molar-refractivity contribution in [1.82, 2.24) is 9.13 Å². The Bertz CT molecular complexity index is 2120. The van der Waals surface area contributed by atoms with Gasteiger partial charge in [-0.2, -0.15) is 0 Å². The van der Waals surface area contributed by atoms with Gasteiger partial charge in [-0.3, -0.25) is 0 Å². The van der Waals surface area contributed by atoms with E-state index in [9.17, 15) is 0 Å². The van der Waals surface area contributed by atoms with Crippen molar-refractivity contribution in [2.45, 2.75) is 45.4 Å². The van der Waals surface area contributed by atoms with Gasteiger partial charge in [0.1, 0.15) is 0 Å². The van der Waals surface area contributed by atoms with Crippen molar-refractivity contribution < 1.29 is 0 Å². The van der Waals surface area contributed by atoms with Crippen LogP contribution in [0, 0.1) is 23.7 Å². The van der Waals surface area contributed by atoms with E-state index in [-0.39, 0.29) is 0 Å². The molecule has 5 atom stereocenters. The Kier molecular flexibility index (Phi) is 5.64. The quantitative estimate of drug-likeness (QED) is 0.204. The molecule has 2 aromatic heterocycles. The maximum Gasteiger partial charge on any atom is 0.0548 e. The van der Waals surface area contributed by atoms with Crippen molar-refractivity contribution in [3.8, 4) is 11.4 Å². The third kappa shape index (κ3) is 3.78. The van der Waals surface area contributed by atoms with E-state index in [1.807, 2.05) is 0 Å². The lowest BCUT2D eigenvalue weighted by Gasteiger charge is -2.46. The van der Waals surface area contributed by atoms with Crippen LogP contribution in [0.3, 0.4) is 0 Å². The molecule has 7 aromatic rings. The lowest BCUT2D eigenvalue weighted by atomic mass is 9.59. The van der Waals surface area contributed by atoms with Crippen LogP contribution in [-0.4, -0.2) is 9.13 Å². The lowest BCUT2D eigenvalue weighted by molar-refractivity contribution is 0.0854. The standard InChI is InChI=1S/C41H38N2/c1-26-22-28-24-27(2)39(30(23-26)25-28)29-16-18-32(19-17-29)43-36-15-9-7-13-34(36)41-38(43)21-20-37-40(41)33-12-6-8-14-35(33)42(37)31-10-4-3-5-11-31/h3-21,26-28,30,39H,22-25H2,1-2H3. The zero-order valence-electron chi connectivity index (χ0n) is 25.1.